The Morgan fingerprint density at radius 1 is 0.742 bits per heavy atom. The third-order valence-electron chi connectivity index (χ3n) is 4.86. The maximum absolute atomic E-state index is 11.7. The molecule has 1 aromatic rings. The molecule has 1 aromatic carbocycles. The van der Waals surface area contributed by atoms with Crippen LogP contribution in [0.3, 0.4) is 0 Å². The maximum Gasteiger partial charge on any atom is 0.305 e. The van der Waals surface area contributed by atoms with Gasteiger partial charge >= 0.3 is 5.97 Å². The Morgan fingerprint density at radius 3 is 1.90 bits per heavy atom. The fourth-order valence-electron chi connectivity index (χ4n) is 3.05. The SMILES string of the molecule is CCCCCCCCCCCC(=O)OCCOCCOCCOc1ccc(C=O)cc1. The zero-order valence-corrected chi connectivity index (χ0v) is 19.1. The Balaban J connectivity index is 1.80. The van der Waals surface area contributed by atoms with E-state index in [1.807, 2.05) is 0 Å². The van der Waals surface area contributed by atoms with Crippen molar-refractivity contribution in [3.05, 3.63) is 29.8 Å². The zero-order valence-electron chi connectivity index (χ0n) is 19.1. The fourth-order valence-corrected chi connectivity index (χ4v) is 3.05. The smallest absolute Gasteiger partial charge is 0.305 e. The molecule has 0 saturated carbocycles. The van der Waals surface area contributed by atoms with Crippen LogP contribution in [0.15, 0.2) is 24.3 Å². The summed E-state index contributed by atoms with van der Waals surface area (Å²) in [6.07, 6.45) is 12.4. The molecule has 0 unspecified atom stereocenters. The van der Waals surface area contributed by atoms with E-state index >= 15 is 0 Å². The molecule has 0 amide bonds. The molecule has 0 atom stereocenters. The van der Waals surface area contributed by atoms with Crippen LogP contribution in [0.4, 0.5) is 0 Å². The number of carbonyl (C=O) groups excluding carboxylic acids is 2. The van der Waals surface area contributed by atoms with Gasteiger partial charge in [-0.25, -0.2) is 0 Å². The van der Waals surface area contributed by atoms with E-state index in [4.69, 9.17) is 18.9 Å². The van der Waals surface area contributed by atoms with E-state index in [-0.39, 0.29) is 12.6 Å². The van der Waals surface area contributed by atoms with Crippen LogP contribution in [0, 0.1) is 0 Å². The zero-order chi connectivity index (χ0) is 22.4. The molecule has 0 aliphatic heterocycles. The lowest BCUT2D eigenvalue weighted by Gasteiger charge is -2.08. The topological polar surface area (TPSA) is 71.1 Å². The number of hydrogen-bond donors (Lipinski definition) is 0. The minimum absolute atomic E-state index is 0.138. The predicted octanol–water partition coefficient (Wildman–Crippen LogP) is 5.38. The summed E-state index contributed by atoms with van der Waals surface area (Å²) >= 11 is 0. The summed E-state index contributed by atoms with van der Waals surface area (Å²) in [4.78, 5) is 22.3. The second kappa shape index (κ2) is 20.0. The first-order valence-corrected chi connectivity index (χ1v) is 11.8. The minimum Gasteiger partial charge on any atom is -0.491 e. The summed E-state index contributed by atoms with van der Waals surface area (Å²) in [6.45, 7) is 4.69. The number of rotatable bonds is 21. The summed E-state index contributed by atoms with van der Waals surface area (Å²) in [7, 11) is 0. The number of benzene rings is 1. The summed E-state index contributed by atoms with van der Waals surface area (Å²) < 4.78 is 21.5. The van der Waals surface area contributed by atoms with Crippen molar-refractivity contribution in [2.75, 3.05) is 39.6 Å². The standard InChI is InChI=1S/C25H40O6/c1-2-3-4-5-6-7-8-9-10-11-25(27)31-21-19-29-17-16-28-18-20-30-24-14-12-23(22-26)13-15-24/h12-15,22H,2-11,16-21H2,1H3. The number of esters is 1. The summed E-state index contributed by atoms with van der Waals surface area (Å²) in [5.41, 5.74) is 0.620. The number of carbonyl (C=O) groups is 2. The third kappa shape index (κ3) is 16.4. The molecule has 0 aliphatic rings. The Labute approximate surface area is 187 Å². The van der Waals surface area contributed by atoms with Gasteiger partial charge in [0.15, 0.2) is 0 Å². The van der Waals surface area contributed by atoms with Gasteiger partial charge in [0, 0.05) is 12.0 Å². The molecule has 0 spiro atoms. The Hall–Kier alpha value is -1.92. The van der Waals surface area contributed by atoms with Gasteiger partial charge in [-0.2, -0.15) is 0 Å². The minimum atomic E-state index is -0.138. The molecule has 0 radical (unpaired) electrons. The predicted molar refractivity (Wildman–Crippen MR) is 122 cm³/mol. The molecular weight excluding hydrogens is 396 g/mol. The molecule has 0 fully saturated rings. The highest BCUT2D eigenvalue weighted by molar-refractivity contribution is 5.74. The van der Waals surface area contributed by atoms with Gasteiger partial charge < -0.3 is 18.9 Å². The molecule has 0 N–H and O–H groups in total. The molecular formula is C25H40O6. The molecule has 6 heteroatoms. The molecule has 0 aromatic heterocycles. The lowest BCUT2D eigenvalue weighted by Crippen LogP contribution is -2.14. The van der Waals surface area contributed by atoms with Gasteiger partial charge in [-0.05, 0) is 30.7 Å². The van der Waals surface area contributed by atoms with Crippen molar-refractivity contribution in [1.82, 2.24) is 0 Å². The van der Waals surface area contributed by atoms with Gasteiger partial charge in [0.25, 0.3) is 0 Å². The Morgan fingerprint density at radius 2 is 1.29 bits per heavy atom. The van der Waals surface area contributed by atoms with Gasteiger partial charge in [0.2, 0.25) is 0 Å². The highest BCUT2D eigenvalue weighted by atomic mass is 16.6. The van der Waals surface area contributed by atoms with Crippen LogP contribution in [-0.2, 0) is 19.0 Å². The van der Waals surface area contributed by atoms with Crippen LogP contribution in [-0.4, -0.2) is 51.9 Å². The van der Waals surface area contributed by atoms with Crippen LogP contribution in [0.2, 0.25) is 0 Å². The summed E-state index contributed by atoms with van der Waals surface area (Å²) in [6, 6.07) is 6.92. The first kappa shape index (κ1) is 27.1. The molecule has 0 heterocycles. The molecule has 1 rings (SSSR count). The second-order valence-corrected chi connectivity index (χ2v) is 7.56. The summed E-state index contributed by atoms with van der Waals surface area (Å²) in [5.74, 6) is 0.566. The molecule has 6 nitrogen and oxygen atoms in total. The Bertz CT molecular complexity index is 558. The van der Waals surface area contributed by atoms with Gasteiger partial charge in [0.1, 0.15) is 25.2 Å². The quantitative estimate of drug-likeness (QED) is 0.146. The second-order valence-electron chi connectivity index (χ2n) is 7.56. The monoisotopic (exact) mass is 436 g/mol. The van der Waals surface area contributed by atoms with E-state index < -0.39 is 0 Å². The Kier molecular flexibility index (Phi) is 17.5. The number of ether oxygens (including phenoxy) is 4. The van der Waals surface area contributed by atoms with E-state index in [9.17, 15) is 9.59 Å². The van der Waals surface area contributed by atoms with Crippen LogP contribution in [0.25, 0.3) is 0 Å². The third-order valence-corrected chi connectivity index (χ3v) is 4.86. The van der Waals surface area contributed by atoms with Crippen molar-refractivity contribution < 1.29 is 28.5 Å². The first-order valence-electron chi connectivity index (χ1n) is 11.8. The summed E-state index contributed by atoms with van der Waals surface area (Å²) in [5, 5.41) is 0. The van der Waals surface area contributed by atoms with Crippen molar-refractivity contribution in [3.8, 4) is 5.75 Å². The average Bonchev–Trinajstić information content (AvgIpc) is 2.79. The number of hydrogen-bond acceptors (Lipinski definition) is 6. The molecule has 31 heavy (non-hydrogen) atoms. The van der Waals surface area contributed by atoms with Crippen LogP contribution in [0.5, 0.6) is 5.75 Å². The largest absolute Gasteiger partial charge is 0.491 e. The number of aldehydes is 1. The van der Waals surface area contributed by atoms with Crippen LogP contribution < -0.4 is 4.74 Å². The van der Waals surface area contributed by atoms with Gasteiger partial charge in [0.05, 0.1) is 26.4 Å². The van der Waals surface area contributed by atoms with Crippen molar-refractivity contribution >= 4 is 12.3 Å². The molecule has 0 saturated heterocycles. The van der Waals surface area contributed by atoms with E-state index in [1.165, 1.54) is 44.9 Å². The van der Waals surface area contributed by atoms with Crippen molar-refractivity contribution in [2.45, 2.75) is 71.1 Å². The highest BCUT2D eigenvalue weighted by Gasteiger charge is 2.02. The average molecular weight is 437 g/mol. The first-order chi connectivity index (χ1) is 15.3. The lowest BCUT2D eigenvalue weighted by molar-refractivity contribution is -0.145. The molecule has 176 valence electrons. The van der Waals surface area contributed by atoms with E-state index in [0.29, 0.717) is 50.8 Å². The van der Waals surface area contributed by atoms with Crippen LogP contribution >= 0.6 is 0 Å². The van der Waals surface area contributed by atoms with E-state index in [0.717, 1.165) is 19.1 Å². The van der Waals surface area contributed by atoms with Crippen molar-refractivity contribution in [1.29, 1.82) is 0 Å². The molecule has 0 aliphatic carbocycles. The normalized spacial score (nSPS) is 10.7. The van der Waals surface area contributed by atoms with Gasteiger partial charge in [-0.1, -0.05) is 58.3 Å². The number of unbranched alkanes of at least 4 members (excludes halogenated alkanes) is 8. The highest BCUT2D eigenvalue weighted by Crippen LogP contribution is 2.11. The van der Waals surface area contributed by atoms with E-state index in [2.05, 4.69) is 6.92 Å². The van der Waals surface area contributed by atoms with Crippen molar-refractivity contribution in [2.24, 2.45) is 0 Å². The maximum atomic E-state index is 11.7. The van der Waals surface area contributed by atoms with Crippen molar-refractivity contribution in [3.63, 3.8) is 0 Å². The van der Waals surface area contributed by atoms with Gasteiger partial charge in [-0.3, -0.25) is 9.59 Å². The molecule has 0 bridgehead atoms. The lowest BCUT2D eigenvalue weighted by atomic mass is 10.1. The van der Waals surface area contributed by atoms with Crippen LogP contribution in [0.1, 0.15) is 81.5 Å². The fraction of sp³-hybridized carbons (Fsp3) is 0.680. The van der Waals surface area contributed by atoms with Gasteiger partial charge in [-0.15, -0.1) is 0 Å². The van der Waals surface area contributed by atoms with E-state index in [1.54, 1.807) is 24.3 Å².